The summed E-state index contributed by atoms with van der Waals surface area (Å²) < 4.78 is 0. The monoisotopic (exact) mass is 1400 g/mol. The molecule has 5 aromatic rings. The third-order valence-corrected chi connectivity index (χ3v) is 21.6. The number of rotatable bonds is 5. The summed E-state index contributed by atoms with van der Waals surface area (Å²) in [5, 5.41) is 15.0. The molecule has 18 nitrogen and oxygen atoms in total. The molecule has 0 aromatic heterocycles. The molecule has 5 aromatic carbocycles. The summed E-state index contributed by atoms with van der Waals surface area (Å²) in [6.07, 6.45) is 8.51. The third-order valence-electron chi connectivity index (χ3n) is 18.7. The average Bonchev–Trinajstić information content (AvgIpc) is 1.68. The van der Waals surface area contributed by atoms with Crippen LogP contribution in [-0.2, 0) is 42.3 Å². The largest absolute Gasteiger partial charge is 0.398 e. The predicted molar refractivity (Wildman–Crippen MR) is 407 cm³/mol. The van der Waals surface area contributed by atoms with Crippen molar-refractivity contribution < 1.29 is 14.4 Å². The first-order chi connectivity index (χ1) is 45.4. The molecule has 0 bridgehead atoms. The summed E-state index contributed by atoms with van der Waals surface area (Å²) in [7, 11) is 0. The van der Waals surface area contributed by atoms with E-state index in [1.165, 1.54) is 0 Å². The molecule has 10 aliphatic heterocycles. The fraction of sp³-hybridized carbons (Fsp3) is 0.286. The SMILES string of the molecule is C=C1CCC(N2Cc3c(N)cccc3C2=O)C(=S)N1.C=C1CCC(N2Cc3c(N)cccc3C2=S)C(=O)N1.C=C1CCC(N2Cc3c(N)cccc3C2=S)C(=O)N1.C=C1CCC(N2Cc3c(N)cccc3C2=S)C(=S)N1.C=C1CCC(N2Cc3c(N)cccc3C2=S)C(=S)N1. The third kappa shape index (κ3) is 14.0. The van der Waals surface area contributed by atoms with E-state index in [0.717, 1.165) is 209 Å². The Labute approximate surface area is 591 Å². The smallest absolute Gasteiger partial charge is 0.255 e. The minimum Gasteiger partial charge on any atom is -0.398 e. The highest BCUT2D eigenvalue weighted by atomic mass is 32.1. The van der Waals surface area contributed by atoms with Crippen LogP contribution in [0, 0.1) is 0 Å². The molecule has 25 heteroatoms. The minimum absolute atomic E-state index is 0.0176. The van der Waals surface area contributed by atoms with E-state index in [1.54, 1.807) is 0 Å². The summed E-state index contributed by atoms with van der Waals surface area (Å²) in [4.78, 5) is 52.1. The van der Waals surface area contributed by atoms with E-state index in [9.17, 15) is 14.4 Å². The van der Waals surface area contributed by atoms with Gasteiger partial charge in [0, 0.05) is 145 Å². The normalized spacial score (nSPS) is 22.4. The Bertz CT molecular complexity index is 3590. The topological polar surface area (TPSA) is 258 Å². The number of nitrogens with one attached hydrogen (secondary N) is 5. The molecule has 5 atom stereocenters. The fourth-order valence-corrected chi connectivity index (χ4v) is 16.1. The highest BCUT2D eigenvalue weighted by molar-refractivity contribution is 7.82. The summed E-state index contributed by atoms with van der Waals surface area (Å²) >= 11 is 38.3. The van der Waals surface area contributed by atoms with Crippen LogP contribution in [0.5, 0.6) is 0 Å². The number of hydrogen-bond donors (Lipinski definition) is 10. The summed E-state index contributed by atoms with van der Waals surface area (Å²) in [5.74, 6) is -0.0288. The molecule has 5 saturated heterocycles. The number of nitrogens with zero attached hydrogens (tertiary/aromatic N) is 5. The van der Waals surface area contributed by atoms with Crippen LogP contribution in [0.25, 0.3) is 0 Å². The van der Waals surface area contributed by atoms with Crippen molar-refractivity contribution in [1.29, 1.82) is 0 Å². The quantitative estimate of drug-likeness (QED) is 0.0580. The Morgan fingerprint density at radius 3 is 0.789 bits per heavy atom. The lowest BCUT2D eigenvalue weighted by Gasteiger charge is -2.34. The zero-order valence-corrected chi connectivity index (χ0v) is 58.1. The molecule has 5 fully saturated rings. The van der Waals surface area contributed by atoms with Crippen molar-refractivity contribution in [2.45, 2.75) is 127 Å². The summed E-state index contributed by atoms with van der Waals surface area (Å²) in [6, 6.07) is 28.5. The van der Waals surface area contributed by atoms with E-state index in [1.807, 2.05) is 106 Å². The van der Waals surface area contributed by atoms with E-state index >= 15 is 0 Å². The van der Waals surface area contributed by atoms with E-state index < -0.39 is 0 Å². The lowest BCUT2D eigenvalue weighted by Crippen LogP contribution is -2.49. The van der Waals surface area contributed by atoms with Crippen molar-refractivity contribution in [2.75, 3.05) is 28.7 Å². The van der Waals surface area contributed by atoms with Gasteiger partial charge in [-0.2, -0.15) is 0 Å². The molecule has 3 amide bonds. The Morgan fingerprint density at radius 2 is 0.537 bits per heavy atom. The van der Waals surface area contributed by atoms with Crippen LogP contribution in [0.15, 0.2) is 152 Å². The van der Waals surface area contributed by atoms with Gasteiger partial charge in [-0.25, -0.2) is 0 Å². The number of amides is 3. The van der Waals surface area contributed by atoms with Gasteiger partial charge in [-0.3, -0.25) is 14.4 Å². The summed E-state index contributed by atoms with van der Waals surface area (Å²) in [6.45, 7) is 22.6. The van der Waals surface area contributed by atoms with Crippen molar-refractivity contribution >= 4 is 167 Å². The van der Waals surface area contributed by atoms with Crippen LogP contribution < -0.4 is 55.3 Å². The fourth-order valence-electron chi connectivity index (χ4n) is 13.4. The number of nitrogens with two attached hydrogens (primary N) is 5. The van der Waals surface area contributed by atoms with Crippen LogP contribution in [0.1, 0.15) is 125 Å². The van der Waals surface area contributed by atoms with Gasteiger partial charge in [0.1, 0.15) is 47.0 Å². The van der Waals surface area contributed by atoms with Gasteiger partial charge in [-0.1, -0.05) is 173 Å². The van der Waals surface area contributed by atoms with Crippen LogP contribution >= 0.6 is 85.5 Å². The molecule has 490 valence electrons. The standard InChI is InChI=1S/3C14H15N3OS.2C14H15N3S2/c1-8-5-6-12(13(19)16-8)17-7-10-9(14(17)18)3-2-4-11(10)15;4*1-8-5-6-12(13(18)16-8)17-7-10-9(14(17)19)3-2-4-11(10)15/h2-4,12H,1,5-7,15H2,(H,16,19);4*2-4,12H,1,5-7,15H2,(H,16,18). The molecule has 5 unspecified atom stereocenters. The van der Waals surface area contributed by atoms with Gasteiger partial charge in [0.25, 0.3) is 5.91 Å². The number of thiocarbonyl (C=S) groups is 7. The Morgan fingerprint density at radius 1 is 0.316 bits per heavy atom. The lowest BCUT2D eigenvalue weighted by molar-refractivity contribution is -0.126. The number of fused-ring (bicyclic) bond motifs is 5. The number of benzene rings is 5. The molecule has 15 N–H and O–H groups in total. The molecular formula is C70H75N15O3S7. The molecule has 10 aliphatic rings. The van der Waals surface area contributed by atoms with Crippen molar-refractivity contribution in [2.24, 2.45) is 0 Å². The molecule has 0 spiro atoms. The minimum atomic E-state index is -0.218. The molecule has 95 heavy (non-hydrogen) atoms. The molecule has 0 radical (unpaired) electrons. The number of anilines is 5. The first-order valence-corrected chi connectivity index (χ1v) is 34.1. The van der Waals surface area contributed by atoms with Crippen molar-refractivity contribution in [3.63, 3.8) is 0 Å². The number of carbonyl (C=O) groups excluding carboxylic acids is 3. The van der Waals surface area contributed by atoms with Gasteiger partial charge in [0.15, 0.2) is 0 Å². The molecule has 0 saturated carbocycles. The second kappa shape index (κ2) is 28.4. The van der Waals surface area contributed by atoms with Gasteiger partial charge in [0.05, 0.1) is 18.1 Å². The predicted octanol–water partition coefficient (Wildman–Crippen LogP) is 9.63. The number of allylic oxidation sites excluding steroid dienone is 5. The van der Waals surface area contributed by atoms with Gasteiger partial charge < -0.3 is 79.8 Å². The Hall–Kier alpha value is -8.56. The van der Waals surface area contributed by atoms with Gasteiger partial charge in [-0.05, 0) is 101 Å². The molecule has 10 heterocycles. The first kappa shape index (κ1) is 67.8. The zero-order valence-electron chi connectivity index (χ0n) is 52.4. The van der Waals surface area contributed by atoms with Crippen LogP contribution in [-0.4, -0.2) is 107 Å². The maximum atomic E-state index is 12.4. The van der Waals surface area contributed by atoms with Gasteiger partial charge in [0.2, 0.25) is 11.8 Å². The van der Waals surface area contributed by atoms with Crippen LogP contribution in [0.3, 0.4) is 0 Å². The van der Waals surface area contributed by atoms with Crippen molar-refractivity contribution in [3.05, 3.63) is 208 Å². The number of piperidine rings is 5. The molecular weight excluding hydrogens is 1320 g/mol. The number of carbonyl (C=O) groups is 3. The highest BCUT2D eigenvalue weighted by Gasteiger charge is 2.41. The average molecular weight is 1400 g/mol. The first-order valence-electron chi connectivity index (χ1n) is 31.2. The van der Waals surface area contributed by atoms with Gasteiger partial charge >= 0.3 is 0 Å². The highest BCUT2D eigenvalue weighted by Crippen LogP contribution is 2.38. The maximum absolute atomic E-state index is 12.4. The van der Waals surface area contributed by atoms with E-state index in [-0.39, 0.29) is 47.9 Å². The van der Waals surface area contributed by atoms with Crippen LogP contribution in [0.2, 0.25) is 0 Å². The van der Waals surface area contributed by atoms with E-state index in [0.29, 0.717) is 35.9 Å². The van der Waals surface area contributed by atoms with Crippen molar-refractivity contribution in [3.8, 4) is 0 Å². The molecule has 15 rings (SSSR count). The molecule has 0 aliphatic carbocycles. The van der Waals surface area contributed by atoms with Crippen molar-refractivity contribution in [1.82, 2.24) is 51.1 Å². The zero-order chi connectivity index (χ0) is 67.8. The van der Waals surface area contributed by atoms with Crippen LogP contribution in [0.4, 0.5) is 28.4 Å². The number of nitrogen functional groups attached to an aromatic ring is 5. The Balaban J connectivity index is 0.000000121. The number of hydrogen-bond acceptors (Lipinski definition) is 15. The lowest BCUT2D eigenvalue weighted by atomic mass is 10.0. The van der Waals surface area contributed by atoms with E-state index in [4.69, 9.17) is 114 Å². The Kier molecular flexibility index (Phi) is 20.3. The second-order valence-corrected chi connectivity index (χ2v) is 27.6. The second-order valence-electron chi connectivity index (χ2n) is 24.8. The van der Waals surface area contributed by atoms with Gasteiger partial charge in [-0.15, -0.1) is 0 Å². The summed E-state index contributed by atoms with van der Waals surface area (Å²) in [5.41, 5.74) is 48.2. The maximum Gasteiger partial charge on any atom is 0.255 e. The van der Waals surface area contributed by atoms with E-state index in [2.05, 4.69) is 69.3 Å².